The predicted molar refractivity (Wildman–Crippen MR) is 93.0 cm³/mol. The fourth-order valence-corrected chi connectivity index (χ4v) is 5.61. The van der Waals surface area contributed by atoms with Gasteiger partial charge in [0, 0.05) is 25.9 Å². The van der Waals surface area contributed by atoms with Crippen LogP contribution in [0.1, 0.15) is 31.9 Å². The van der Waals surface area contributed by atoms with Crippen LogP contribution in [0.3, 0.4) is 0 Å². The van der Waals surface area contributed by atoms with Gasteiger partial charge in [0.15, 0.2) is 0 Å². The average molecular weight is 318 g/mol. The summed E-state index contributed by atoms with van der Waals surface area (Å²) in [7, 11) is -2.68. The molecule has 0 aliphatic rings. The minimum atomic E-state index is -2.68. The van der Waals surface area contributed by atoms with E-state index in [-0.39, 0.29) is 0 Å². The predicted octanol–water partition coefficient (Wildman–Crippen LogP) is 4.28. The molecule has 0 atom stereocenters. The summed E-state index contributed by atoms with van der Waals surface area (Å²) in [5.41, 5.74) is 2.54. The molecule has 0 heterocycles. The van der Waals surface area contributed by atoms with Crippen LogP contribution >= 0.6 is 0 Å². The summed E-state index contributed by atoms with van der Waals surface area (Å²) in [6.07, 6.45) is 0. The van der Waals surface area contributed by atoms with Crippen LogP contribution in [0.25, 0.3) is 10.8 Å². The maximum Gasteiger partial charge on any atom is 0.505 e. The highest BCUT2D eigenvalue weighted by atomic mass is 28.4. The van der Waals surface area contributed by atoms with Gasteiger partial charge >= 0.3 is 8.80 Å². The quantitative estimate of drug-likeness (QED) is 0.680. The SMILES string of the molecule is CCO[Si](Cc1c(C)ccc2ccccc12)(OCC)OCC. The zero-order valence-electron chi connectivity index (χ0n) is 14.0. The maximum atomic E-state index is 6.01. The van der Waals surface area contributed by atoms with Crippen molar-refractivity contribution in [1.29, 1.82) is 0 Å². The standard InChI is InChI=1S/C18H26O3Si/c1-5-19-22(20-6-2,21-7-3)14-18-15(4)12-13-16-10-8-9-11-17(16)18/h8-13H,5-7,14H2,1-4H3. The van der Waals surface area contributed by atoms with Crippen LogP contribution in [-0.2, 0) is 19.3 Å². The number of hydrogen-bond donors (Lipinski definition) is 0. The van der Waals surface area contributed by atoms with E-state index in [2.05, 4.69) is 43.3 Å². The fraction of sp³-hybridized carbons (Fsp3) is 0.444. The Morgan fingerprint density at radius 2 is 1.41 bits per heavy atom. The molecule has 2 rings (SSSR count). The number of hydrogen-bond acceptors (Lipinski definition) is 3. The Kier molecular flexibility index (Phi) is 6.14. The molecule has 0 N–H and O–H groups in total. The molecule has 22 heavy (non-hydrogen) atoms. The molecule has 0 bridgehead atoms. The Labute approximate surface area is 134 Å². The molecule has 0 saturated heterocycles. The van der Waals surface area contributed by atoms with E-state index in [1.807, 2.05) is 20.8 Å². The van der Waals surface area contributed by atoms with Crippen LogP contribution in [0, 0.1) is 6.92 Å². The zero-order valence-corrected chi connectivity index (χ0v) is 15.0. The van der Waals surface area contributed by atoms with Crippen molar-refractivity contribution in [2.75, 3.05) is 19.8 Å². The molecular weight excluding hydrogens is 292 g/mol. The third-order valence-corrected chi connectivity index (χ3v) is 6.73. The van der Waals surface area contributed by atoms with Gasteiger partial charge in [-0.15, -0.1) is 0 Å². The summed E-state index contributed by atoms with van der Waals surface area (Å²) in [6, 6.07) is 13.5. The zero-order chi connectivity index (χ0) is 16.0. The first-order chi connectivity index (χ1) is 10.7. The van der Waals surface area contributed by atoms with E-state index in [9.17, 15) is 0 Å². The van der Waals surface area contributed by atoms with Crippen LogP contribution in [0.15, 0.2) is 36.4 Å². The van der Waals surface area contributed by atoms with Crippen molar-refractivity contribution in [3.63, 3.8) is 0 Å². The van der Waals surface area contributed by atoms with Gasteiger partial charge in [0.1, 0.15) is 0 Å². The average Bonchev–Trinajstić information content (AvgIpc) is 2.51. The van der Waals surface area contributed by atoms with E-state index in [4.69, 9.17) is 13.3 Å². The Morgan fingerprint density at radius 1 is 0.818 bits per heavy atom. The van der Waals surface area contributed by atoms with Crippen molar-refractivity contribution in [2.45, 2.75) is 33.7 Å². The molecule has 120 valence electrons. The van der Waals surface area contributed by atoms with E-state index < -0.39 is 8.80 Å². The monoisotopic (exact) mass is 318 g/mol. The number of aryl methyl sites for hydroxylation is 1. The van der Waals surface area contributed by atoms with Gasteiger partial charge in [-0.05, 0) is 49.6 Å². The lowest BCUT2D eigenvalue weighted by molar-refractivity contribution is 0.0704. The van der Waals surface area contributed by atoms with Gasteiger partial charge in [-0.2, -0.15) is 0 Å². The lowest BCUT2D eigenvalue weighted by Crippen LogP contribution is -2.48. The molecule has 0 spiro atoms. The second kappa shape index (κ2) is 7.88. The van der Waals surface area contributed by atoms with Gasteiger partial charge in [-0.25, -0.2) is 0 Å². The number of rotatable bonds is 8. The molecule has 0 amide bonds. The fourth-order valence-electron chi connectivity index (χ4n) is 2.83. The molecule has 0 saturated carbocycles. The highest BCUT2D eigenvalue weighted by Crippen LogP contribution is 2.27. The third kappa shape index (κ3) is 3.76. The van der Waals surface area contributed by atoms with Crippen molar-refractivity contribution in [3.8, 4) is 0 Å². The highest BCUT2D eigenvalue weighted by Gasteiger charge is 2.41. The molecule has 0 aliphatic carbocycles. The Balaban J connectivity index is 2.46. The highest BCUT2D eigenvalue weighted by molar-refractivity contribution is 6.60. The molecule has 0 unspecified atom stereocenters. The van der Waals surface area contributed by atoms with Gasteiger partial charge in [0.2, 0.25) is 0 Å². The maximum absolute atomic E-state index is 6.01. The second-order valence-corrected chi connectivity index (χ2v) is 7.83. The molecule has 4 heteroatoms. The van der Waals surface area contributed by atoms with Gasteiger partial charge in [0.25, 0.3) is 0 Å². The van der Waals surface area contributed by atoms with Crippen molar-refractivity contribution < 1.29 is 13.3 Å². The van der Waals surface area contributed by atoms with Crippen LogP contribution in [0.5, 0.6) is 0 Å². The minimum absolute atomic E-state index is 0.607. The first-order valence-electron chi connectivity index (χ1n) is 8.04. The minimum Gasteiger partial charge on any atom is -0.374 e. The summed E-state index contributed by atoms with van der Waals surface area (Å²) in [5, 5.41) is 2.51. The van der Waals surface area contributed by atoms with E-state index in [0.29, 0.717) is 19.8 Å². The molecule has 0 radical (unpaired) electrons. The van der Waals surface area contributed by atoms with Crippen molar-refractivity contribution in [3.05, 3.63) is 47.5 Å². The van der Waals surface area contributed by atoms with Crippen molar-refractivity contribution in [1.82, 2.24) is 0 Å². The number of fused-ring (bicyclic) bond motifs is 1. The van der Waals surface area contributed by atoms with Gasteiger partial charge in [0.05, 0.1) is 0 Å². The largest absolute Gasteiger partial charge is 0.505 e. The molecule has 2 aromatic rings. The molecule has 0 fully saturated rings. The molecule has 2 aromatic carbocycles. The third-order valence-electron chi connectivity index (χ3n) is 3.76. The number of benzene rings is 2. The van der Waals surface area contributed by atoms with E-state index in [0.717, 1.165) is 6.04 Å². The van der Waals surface area contributed by atoms with E-state index >= 15 is 0 Å². The van der Waals surface area contributed by atoms with E-state index in [1.54, 1.807) is 0 Å². The van der Waals surface area contributed by atoms with Crippen LogP contribution < -0.4 is 0 Å². The van der Waals surface area contributed by atoms with Crippen molar-refractivity contribution >= 4 is 19.6 Å². The normalized spacial score (nSPS) is 12.0. The summed E-state index contributed by atoms with van der Waals surface area (Å²) in [6.45, 7) is 9.95. The van der Waals surface area contributed by atoms with Crippen molar-refractivity contribution in [2.24, 2.45) is 0 Å². The van der Waals surface area contributed by atoms with Crippen LogP contribution in [0.2, 0.25) is 0 Å². The summed E-state index contributed by atoms with van der Waals surface area (Å²) >= 11 is 0. The smallest absolute Gasteiger partial charge is 0.374 e. The van der Waals surface area contributed by atoms with Crippen LogP contribution in [0.4, 0.5) is 0 Å². The summed E-state index contributed by atoms with van der Waals surface area (Å²) < 4.78 is 18.0. The Bertz CT molecular complexity index is 595. The topological polar surface area (TPSA) is 27.7 Å². The van der Waals surface area contributed by atoms with Gasteiger partial charge in [-0.3, -0.25) is 0 Å². The lowest BCUT2D eigenvalue weighted by atomic mass is 10.0. The molecule has 0 aromatic heterocycles. The van der Waals surface area contributed by atoms with Gasteiger partial charge < -0.3 is 13.3 Å². The first-order valence-corrected chi connectivity index (χ1v) is 9.98. The van der Waals surface area contributed by atoms with Crippen LogP contribution in [-0.4, -0.2) is 28.6 Å². The Hall–Kier alpha value is -1.20. The lowest BCUT2D eigenvalue weighted by Gasteiger charge is -2.29. The first kappa shape index (κ1) is 17.2. The Morgan fingerprint density at radius 3 is 2.00 bits per heavy atom. The van der Waals surface area contributed by atoms with Gasteiger partial charge in [-0.1, -0.05) is 36.4 Å². The summed E-state index contributed by atoms with van der Waals surface area (Å²) in [5.74, 6) is 0. The molecule has 3 nitrogen and oxygen atoms in total. The summed E-state index contributed by atoms with van der Waals surface area (Å²) in [4.78, 5) is 0. The molecule has 0 aliphatic heterocycles. The molecular formula is C18H26O3Si. The second-order valence-electron chi connectivity index (χ2n) is 5.24. The van der Waals surface area contributed by atoms with E-state index in [1.165, 1.54) is 21.9 Å².